The minimum absolute atomic E-state index is 0.197. The van der Waals surface area contributed by atoms with E-state index < -0.39 is 12.0 Å². The molecular weight excluding hydrogens is 456 g/mol. The molecule has 0 saturated heterocycles. The molecule has 0 aliphatic rings. The molecule has 0 bridgehead atoms. The molecule has 1 heterocycles. The number of para-hydroxylation sites is 2. The number of anilines is 2. The third-order valence-electron chi connectivity index (χ3n) is 5.87. The fourth-order valence-electron chi connectivity index (χ4n) is 3.84. The van der Waals surface area contributed by atoms with E-state index in [-0.39, 0.29) is 17.2 Å². The lowest BCUT2D eigenvalue weighted by molar-refractivity contribution is -0.122. The van der Waals surface area contributed by atoms with E-state index in [1.807, 2.05) is 55.5 Å². The average molecular weight is 485 g/mol. The number of benzene rings is 3. The Labute approximate surface area is 209 Å². The number of rotatable bonds is 8. The number of ether oxygens (including phenoxy) is 1. The lowest BCUT2D eigenvalue weighted by atomic mass is 10.1. The van der Waals surface area contributed by atoms with E-state index in [2.05, 4.69) is 10.6 Å². The molecule has 184 valence electrons. The van der Waals surface area contributed by atoms with Crippen LogP contribution >= 0.6 is 0 Å². The Kier molecular flexibility index (Phi) is 7.34. The van der Waals surface area contributed by atoms with Crippen LogP contribution in [0, 0.1) is 6.92 Å². The first-order chi connectivity index (χ1) is 17.4. The predicted octanol–water partition coefficient (Wildman–Crippen LogP) is 4.53. The average Bonchev–Trinajstić information content (AvgIpc) is 3.11. The summed E-state index contributed by atoms with van der Waals surface area (Å²) in [6.45, 7) is 3.63. The molecule has 0 aliphatic carbocycles. The van der Waals surface area contributed by atoms with Crippen LogP contribution in [0.5, 0.6) is 5.75 Å². The summed E-state index contributed by atoms with van der Waals surface area (Å²) >= 11 is 0. The van der Waals surface area contributed by atoms with Crippen molar-refractivity contribution in [2.24, 2.45) is 7.05 Å². The van der Waals surface area contributed by atoms with E-state index in [1.54, 1.807) is 55.1 Å². The fourth-order valence-corrected chi connectivity index (χ4v) is 3.84. The molecular formula is C28H28N4O4. The summed E-state index contributed by atoms with van der Waals surface area (Å²) in [4.78, 5) is 38.9. The van der Waals surface area contributed by atoms with Gasteiger partial charge in [-0.3, -0.25) is 19.1 Å². The molecule has 2 N–H and O–H groups in total. The van der Waals surface area contributed by atoms with Crippen molar-refractivity contribution in [1.82, 2.24) is 9.36 Å². The first-order valence-electron chi connectivity index (χ1n) is 11.7. The topological polar surface area (TPSA) is 94.4 Å². The smallest absolute Gasteiger partial charge is 0.295 e. The zero-order valence-corrected chi connectivity index (χ0v) is 20.4. The highest BCUT2D eigenvalue weighted by molar-refractivity contribution is 6.05. The fraction of sp³-hybridized carbons (Fsp3) is 0.179. The minimum atomic E-state index is -0.687. The van der Waals surface area contributed by atoms with Gasteiger partial charge in [-0.1, -0.05) is 49.4 Å². The number of amides is 2. The summed E-state index contributed by atoms with van der Waals surface area (Å²) in [5, 5.41) is 5.56. The third kappa shape index (κ3) is 5.22. The number of carbonyl (C=O) groups is 2. The molecule has 0 saturated carbocycles. The summed E-state index contributed by atoms with van der Waals surface area (Å²) in [7, 11) is 1.76. The molecule has 0 radical (unpaired) electrons. The minimum Gasteiger partial charge on any atom is -0.481 e. The highest BCUT2D eigenvalue weighted by atomic mass is 16.5. The van der Waals surface area contributed by atoms with E-state index in [9.17, 15) is 14.4 Å². The first-order valence-corrected chi connectivity index (χ1v) is 11.7. The van der Waals surface area contributed by atoms with Crippen molar-refractivity contribution in [3.05, 3.63) is 107 Å². The summed E-state index contributed by atoms with van der Waals surface area (Å²) in [6.07, 6.45) is -0.213. The van der Waals surface area contributed by atoms with E-state index in [1.165, 1.54) is 4.68 Å². The van der Waals surface area contributed by atoms with Gasteiger partial charge < -0.3 is 15.4 Å². The van der Waals surface area contributed by atoms with Crippen molar-refractivity contribution in [3.8, 4) is 11.4 Å². The summed E-state index contributed by atoms with van der Waals surface area (Å²) in [5.41, 5.74) is 1.94. The summed E-state index contributed by atoms with van der Waals surface area (Å²) < 4.78 is 9.00. The molecule has 8 nitrogen and oxygen atoms in total. The maximum Gasteiger partial charge on any atom is 0.295 e. The van der Waals surface area contributed by atoms with Gasteiger partial charge in [0.1, 0.15) is 11.4 Å². The van der Waals surface area contributed by atoms with Gasteiger partial charge in [0.25, 0.3) is 17.4 Å². The predicted molar refractivity (Wildman–Crippen MR) is 140 cm³/mol. The standard InChI is InChI=1S/C28H28N4O4/c1-4-24(36-23-16-9-6-10-17-23)27(34)29-21-13-11-12-20(18-21)26(33)30-25-19(2)31(3)32(28(25)35)22-14-7-5-8-15-22/h5-18,24H,4H2,1-3H3,(H,29,34)(H,30,33). The van der Waals surface area contributed by atoms with Crippen LogP contribution in [0.15, 0.2) is 89.7 Å². The van der Waals surface area contributed by atoms with Crippen LogP contribution in [0.1, 0.15) is 29.4 Å². The monoisotopic (exact) mass is 484 g/mol. The molecule has 4 rings (SSSR count). The van der Waals surface area contributed by atoms with Gasteiger partial charge in [-0.2, -0.15) is 0 Å². The Morgan fingerprint density at radius 1 is 0.917 bits per heavy atom. The van der Waals surface area contributed by atoms with Crippen molar-refractivity contribution < 1.29 is 14.3 Å². The van der Waals surface area contributed by atoms with Crippen molar-refractivity contribution in [3.63, 3.8) is 0 Å². The molecule has 3 aromatic carbocycles. The number of hydrogen-bond acceptors (Lipinski definition) is 4. The zero-order valence-electron chi connectivity index (χ0n) is 20.4. The molecule has 1 aromatic heterocycles. The maximum absolute atomic E-state index is 13.1. The van der Waals surface area contributed by atoms with E-state index in [0.29, 0.717) is 34.8 Å². The number of nitrogens with zero attached hydrogens (tertiary/aromatic N) is 2. The maximum atomic E-state index is 13.1. The van der Waals surface area contributed by atoms with Gasteiger partial charge in [0.05, 0.1) is 11.4 Å². The molecule has 0 spiro atoms. The van der Waals surface area contributed by atoms with E-state index in [4.69, 9.17) is 4.74 Å². The second kappa shape index (κ2) is 10.8. The molecule has 1 unspecified atom stereocenters. The van der Waals surface area contributed by atoms with E-state index >= 15 is 0 Å². The lowest BCUT2D eigenvalue weighted by Gasteiger charge is -2.17. The van der Waals surface area contributed by atoms with Crippen molar-refractivity contribution >= 4 is 23.2 Å². The van der Waals surface area contributed by atoms with Crippen LogP contribution in [-0.2, 0) is 11.8 Å². The molecule has 8 heteroatoms. The van der Waals surface area contributed by atoms with Gasteiger partial charge in [0.2, 0.25) is 0 Å². The van der Waals surface area contributed by atoms with Crippen LogP contribution in [-0.4, -0.2) is 27.3 Å². The second-order valence-corrected chi connectivity index (χ2v) is 8.29. The largest absolute Gasteiger partial charge is 0.481 e. The first kappa shape index (κ1) is 24.5. The van der Waals surface area contributed by atoms with Crippen molar-refractivity contribution in [2.75, 3.05) is 10.6 Å². The Hall–Kier alpha value is -4.59. The SMILES string of the molecule is CCC(Oc1ccccc1)C(=O)Nc1cccc(C(=O)Nc2c(C)n(C)n(-c3ccccc3)c2=O)c1. The second-order valence-electron chi connectivity index (χ2n) is 8.29. The van der Waals surface area contributed by atoms with Gasteiger partial charge in [0, 0.05) is 18.3 Å². The van der Waals surface area contributed by atoms with Crippen molar-refractivity contribution in [1.29, 1.82) is 0 Å². The molecule has 36 heavy (non-hydrogen) atoms. The number of nitrogens with one attached hydrogen (secondary N) is 2. The van der Waals surface area contributed by atoms with Gasteiger partial charge in [-0.15, -0.1) is 0 Å². The Morgan fingerprint density at radius 2 is 1.58 bits per heavy atom. The van der Waals surface area contributed by atoms with Crippen molar-refractivity contribution in [2.45, 2.75) is 26.4 Å². The summed E-state index contributed by atoms with van der Waals surface area (Å²) in [5.74, 6) is -0.166. The molecule has 0 aliphatic heterocycles. The normalized spacial score (nSPS) is 11.5. The molecule has 1 atom stereocenters. The van der Waals surface area contributed by atoms with Gasteiger partial charge in [-0.25, -0.2) is 4.68 Å². The third-order valence-corrected chi connectivity index (χ3v) is 5.87. The molecule has 2 amide bonds. The lowest BCUT2D eigenvalue weighted by Crippen LogP contribution is -2.32. The van der Waals surface area contributed by atoms with Crippen LogP contribution in [0.3, 0.4) is 0 Å². The molecule has 0 fully saturated rings. The Balaban J connectivity index is 1.50. The quantitative estimate of drug-likeness (QED) is 0.384. The van der Waals surface area contributed by atoms with Crippen LogP contribution < -0.4 is 20.9 Å². The van der Waals surface area contributed by atoms with Gasteiger partial charge in [-0.05, 0) is 55.8 Å². The number of carbonyl (C=O) groups excluding carboxylic acids is 2. The van der Waals surface area contributed by atoms with Crippen LogP contribution in [0.4, 0.5) is 11.4 Å². The Bertz CT molecular complexity index is 1430. The highest BCUT2D eigenvalue weighted by Crippen LogP contribution is 2.18. The van der Waals surface area contributed by atoms with Crippen LogP contribution in [0.2, 0.25) is 0 Å². The molecule has 4 aromatic rings. The van der Waals surface area contributed by atoms with Crippen LogP contribution in [0.25, 0.3) is 5.69 Å². The highest BCUT2D eigenvalue weighted by Gasteiger charge is 2.21. The number of aromatic nitrogens is 2. The Morgan fingerprint density at radius 3 is 2.25 bits per heavy atom. The van der Waals surface area contributed by atoms with Gasteiger partial charge in [0.15, 0.2) is 6.10 Å². The van der Waals surface area contributed by atoms with E-state index in [0.717, 1.165) is 0 Å². The van der Waals surface area contributed by atoms with Gasteiger partial charge >= 0.3 is 0 Å². The zero-order chi connectivity index (χ0) is 25.7. The number of hydrogen-bond donors (Lipinski definition) is 2. The summed E-state index contributed by atoms with van der Waals surface area (Å²) in [6, 6.07) is 24.9.